The Morgan fingerprint density at radius 1 is 1.02 bits per heavy atom. The number of aliphatic hydroxyl groups is 1. The molecule has 7 nitrogen and oxygen atoms in total. The van der Waals surface area contributed by atoms with Gasteiger partial charge in [-0.3, -0.25) is 14.4 Å². The second kappa shape index (κ2) is 12.2. The zero-order valence-corrected chi connectivity index (χ0v) is 28.1. The van der Waals surface area contributed by atoms with E-state index in [0.717, 1.165) is 17.5 Å². The number of carbonyl (C=O) groups is 3. The maximum atomic E-state index is 14.6. The van der Waals surface area contributed by atoms with Crippen LogP contribution in [0.25, 0.3) is 0 Å². The van der Waals surface area contributed by atoms with Crippen molar-refractivity contribution in [2.75, 3.05) is 6.61 Å². The van der Waals surface area contributed by atoms with E-state index in [0.29, 0.717) is 19.4 Å². The van der Waals surface area contributed by atoms with Crippen molar-refractivity contribution < 1.29 is 19.5 Å². The fourth-order valence-corrected chi connectivity index (χ4v) is 11.5. The molecule has 3 heterocycles. The molecule has 2 aromatic rings. The number of likely N-dealkylation sites (tertiary alicyclic amines) is 1. The summed E-state index contributed by atoms with van der Waals surface area (Å²) in [5.74, 6) is -1.83. The van der Waals surface area contributed by atoms with Crippen molar-refractivity contribution in [2.45, 2.75) is 92.9 Å². The largest absolute Gasteiger partial charge is 0.394 e. The van der Waals surface area contributed by atoms with E-state index in [9.17, 15) is 19.5 Å². The number of halogens is 1. The predicted octanol–water partition coefficient (Wildman–Crippen LogP) is 4.70. The van der Waals surface area contributed by atoms with E-state index in [-0.39, 0.29) is 39.8 Å². The predicted molar refractivity (Wildman–Crippen MR) is 175 cm³/mol. The van der Waals surface area contributed by atoms with Crippen LogP contribution in [0.15, 0.2) is 60.7 Å². The van der Waals surface area contributed by atoms with Crippen LogP contribution in [-0.4, -0.2) is 66.8 Å². The van der Waals surface area contributed by atoms with Crippen molar-refractivity contribution in [3.63, 3.8) is 0 Å². The van der Waals surface area contributed by atoms with Gasteiger partial charge in [0.05, 0.1) is 29.2 Å². The quantitative estimate of drug-likeness (QED) is 0.319. The molecule has 3 N–H and O–H groups in total. The highest BCUT2D eigenvalue weighted by Gasteiger charge is 2.76. The van der Waals surface area contributed by atoms with Gasteiger partial charge in [0, 0.05) is 22.2 Å². The van der Waals surface area contributed by atoms with Crippen LogP contribution in [0.1, 0.15) is 58.6 Å². The molecule has 2 bridgehead atoms. The molecule has 43 heavy (non-hydrogen) atoms. The monoisotopic (exact) mass is 669 g/mol. The molecular formula is C34H44BrN3O4S. The normalized spacial score (nSPS) is 29.0. The molecule has 3 saturated heterocycles. The topological polar surface area (TPSA) is 98.7 Å². The summed E-state index contributed by atoms with van der Waals surface area (Å²) in [6.07, 6.45) is 1.76. The van der Waals surface area contributed by atoms with Crippen LogP contribution in [0.5, 0.6) is 0 Å². The van der Waals surface area contributed by atoms with Crippen molar-refractivity contribution in [1.82, 2.24) is 15.5 Å². The van der Waals surface area contributed by atoms with Gasteiger partial charge in [0.2, 0.25) is 17.7 Å². The molecule has 1 spiro atoms. The number of rotatable bonds is 10. The van der Waals surface area contributed by atoms with E-state index in [4.69, 9.17) is 0 Å². The highest BCUT2D eigenvalue weighted by Crippen LogP contribution is 2.68. The van der Waals surface area contributed by atoms with Gasteiger partial charge in [-0.1, -0.05) is 97.4 Å². The van der Waals surface area contributed by atoms with Gasteiger partial charge in [0.1, 0.15) is 6.04 Å². The average Bonchev–Trinajstić information content (AvgIpc) is 3.53. The van der Waals surface area contributed by atoms with Crippen LogP contribution in [-0.2, 0) is 27.3 Å². The molecule has 0 aromatic heterocycles. The smallest absolute Gasteiger partial charge is 0.244 e. The number of nitrogens with zero attached hydrogens (tertiary/aromatic N) is 1. The van der Waals surface area contributed by atoms with E-state index in [1.54, 1.807) is 16.7 Å². The maximum absolute atomic E-state index is 14.6. The lowest BCUT2D eigenvalue weighted by molar-refractivity contribution is -0.143. The van der Waals surface area contributed by atoms with Crippen molar-refractivity contribution in [1.29, 1.82) is 0 Å². The van der Waals surface area contributed by atoms with Gasteiger partial charge in [0.25, 0.3) is 0 Å². The number of alkyl halides is 1. The number of thioether (sulfide) groups is 1. The first-order valence-corrected chi connectivity index (χ1v) is 17.0. The molecule has 0 saturated carbocycles. The molecule has 0 aliphatic carbocycles. The first-order valence-electron chi connectivity index (χ1n) is 15.2. The maximum Gasteiger partial charge on any atom is 0.244 e. The molecule has 9 heteroatoms. The number of hydrogen-bond donors (Lipinski definition) is 3. The third kappa shape index (κ3) is 6.40. The number of aliphatic hydroxyl groups excluding tert-OH is 1. The van der Waals surface area contributed by atoms with Crippen LogP contribution >= 0.6 is 27.7 Å². The molecule has 3 fully saturated rings. The Morgan fingerprint density at radius 2 is 1.63 bits per heavy atom. The Balaban J connectivity index is 1.50. The lowest BCUT2D eigenvalue weighted by atomic mass is 9.70. The number of benzene rings is 2. The zero-order chi connectivity index (χ0) is 31.2. The summed E-state index contributed by atoms with van der Waals surface area (Å²) in [5, 5.41) is 17.0. The molecule has 3 amide bonds. The SMILES string of the molecule is CC(C)(C)CC(C)(C)NC(=O)C1N([C@@H](CO)Cc2ccccc2)C(=O)[C@@H]2[C@@H](C(=O)NCc3ccccc3)[C@@H]3SC12CC3Br. The van der Waals surface area contributed by atoms with Gasteiger partial charge in [-0.05, 0) is 49.7 Å². The van der Waals surface area contributed by atoms with Crippen LogP contribution in [0.3, 0.4) is 0 Å². The molecule has 0 radical (unpaired) electrons. The summed E-state index contributed by atoms with van der Waals surface area (Å²) in [4.78, 5) is 44.6. The number of nitrogens with one attached hydrogen (secondary N) is 2. The molecule has 3 aliphatic rings. The molecule has 7 atom stereocenters. The second-order valence-corrected chi connectivity index (χ2v) is 17.0. The third-order valence-electron chi connectivity index (χ3n) is 8.94. The highest BCUT2D eigenvalue weighted by atomic mass is 79.9. The highest BCUT2D eigenvalue weighted by molar-refractivity contribution is 9.09. The van der Waals surface area contributed by atoms with Crippen LogP contribution in [0, 0.1) is 17.3 Å². The van der Waals surface area contributed by atoms with Crippen LogP contribution < -0.4 is 10.6 Å². The molecule has 5 rings (SSSR count). The van der Waals surface area contributed by atoms with E-state index >= 15 is 0 Å². The van der Waals surface area contributed by atoms with Crippen molar-refractivity contribution >= 4 is 45.4 Å². The summed E-state index contributed by atoms with van der Waals surface area (Å²) < 4.78 is -0.781. The molecule has 3 aliphatic heterocycles. The van der Waals surface area contributed by atoms with Crippen molar-refractivity contribution in [3.05, 3.63) is 71.8 Å². The third-order valence-corrected chi connectivity index (χ3v) is 12.2. The van der Waals surface area contributed by atoms with Crippen molar-refractivity contribution in [3.8, 4) is 0 Å². The van der Waals surface area contributed by atoms with Gasteiger partial charge >= 0.3 is 0 Å². The molecule has 2 aromatic carbocycles. The Bertz CT molecular complexity index is 1330. The van der Waals surface area contributed by atoms with Gasteiger partial charge < -0.3 is 20.6 Å². The number of hydrogen-bond acceptors (Lipinski definition) is 5. The van der Waals surface area contributed by atoms with E-state index in [2.05, 4.69) is 47.3 Å². The summed E-state index contributed by atoms with van der Waals surface area (Å²) >= 11 is 5.47. The van der Waals surface area contributed by atoms with Crippen LogP contribution in [0.4, 0.5) is 0 Å². The Labute approximate surface area is 268 Å². The fourth-order valence-electron chi connectivity index (χ4n) is 7.87. The lowest BCUT2D eigenvalue weighted by Gasteiger charge is -2.40. The minimum Gasteiger partial charge on any atom is -0.394 e. The Hall–Kier alpha value is -2.36. The molecule has 232 valence electrons. The summed E-state index contributed by atoms with van der Waals surface area (Å²) in [6.45, 7) is 10.6. The summed E-state index contributed by atoms with van der Waals surface area (Å²) in [6, 6.07) is 18.0. The standard InChI is InChI=1S/C34H44BrN3O4S/c1-32(2,3)20-33(4,5)37-30(41)28-34-17-24(35)27(43-34)25(29(40)36-18-22-14-10-7-11-15-22)26(34)31(42)38(28)23(19-39)16-21-12-8-6-9-13-21/h6-15,23-28,39H,16-20H2,1-5H3,(H,36,40)(H,37,41)/t23-,24?,25-,26+,27-,28?,34?/m1/s1. The zero-order valence-electron chi connectivity index (χ0n) is 25.7. The first kappa shape index (κ1) is 32.0. The minimum absolute atomic E-state index is 0.0199. The van der Waals surface area contributed by atoms with E-state index < -0.39 is 34.2 Å². The van der Waals surface area contributed by atoms with Gasteiger partial charge in [-0.25, -0.2) is 0 Å². The van der Waals surface area contributed by atoms with E-state index in [1.165, 1.54) is 0 Å². The second-order valence-electron chi connectivity index (χ2n) is 14.2. The minimum atomic E-state index is -0.813. The Morgan fingerprint density at radius 3 is 2.21 bits per heavy atom. The average molecular weight is 671 g/mol. The Kier molecular flexibility index (Phi) is 9.09. The summed E-state index contributed by atoms with van der Waals surface area (Å²) in [5.41, 5.74) is 1.42. The first-order chi connectivity index (χ1) is 20.3. The molecule has 3 unspecified atom stereocenters. The van der Waals surface area contributed by atoms with Gasteiger partial charge in [-0.15, -0.1) is 11.8 Å². The number of carbonyl (C=O) groups excluding carboxylic acids is 3. The van der Waals surface area contributed by atoms with Crippen molar-refractivity contribution in [2.24, 2.45) is 17.3 Å². The van der Waals surface area contributed by atoms with Gasteiger partial charge in [-0.2, -0.15) is 0 Å². The fraction of sp³-hybridized carbons (Fsp3) is 0.559. The number of fused-ring (bicyclic) bond motifs is 1. The number of amides is 3. The lowest BCUT2D eigenvalue weighted by Crippen LogP contribution is -2.60. The van der Waals surface area contributed by atoms with Gasteiger partial charge in [0.15, 0.2) is 0 Å². The van der Waals surface area contributed by atoms with Crippen LogP contribution in [0.2, 0.25) is 0 Å². The summed E-state index contributed by atoms with van der Waals surface area (Å²) in [7, 11) is 0. The van der Waals surface area contributed by atoms with E-state index in [1.807, 2.05) is 74.5 Å². The molecular weight excluding hydrogens is 626 g/mol.